The molecule has 29 heavy (non-hydrogen) atoms. The molecule has 4 rings (SSSR count). The van der Waals surface area contributed by atoms with Crippen LogP contribution in [0.2, 0.25) is 0 Å². The van der Waals surface area contributed by atoms with Crippen LogP contribution < -0.4 is 9.80 Å². The number of hydrogen-bond acceptors (Lipinski definition) is 6. The van der Waals surface area contributed by atoms with Gasteiger partial charge in [-0.3, -0.25) is 0 Å². The molecule has 2 aromatic rings. The number of sulfonamides is 1. The standard InChI is InChI=1S/C21H29N5O2S/c1-16-4-8-19(9-5-16)29(27,28)25-12-10-18(11-13-25)26(17-6-7-17)21-14-20(24(2)3)22-15-23-21/h4-5,8-9,14-15,17-18H,6-7,10-13H2,1-3H3. The fraction of sp³-hybridized carbons (Fsp3) is 0.524. The van der Waals surface area contributed by atoms with Crippen LogP contribution in [0.25, 0.3) is 0 Å². The van der Waals surface area contributed by atoms with Crippen LogP contribution in [0.5, 0.6) is 0 Å². The second kappa shape index (κ2) is 7.91. The van der Waals surface area contributed by atoms with Crippen molar-refractivity contribution in [3.63, 3.8) is 0 Å². The molecule has 1 aromatic heterocycles. The van der Waals surface area contributed by atoms with Crippen molar-refractivity contribution in [2.24, 2.45) is 0 Å². The van der Waals surface area contributed by atoms with E-state index in [9.17, 15) is 8.42 Å². The van der Waals surface area contributed by atoms with Gasteiger partial charge in [0.05, 0.1) is 4.90 Å². The summed E-state index contributed by atoms with van der Waals surface area (Å²) in [6.45, 7) is 3.04. The Kier molecular flexibility index (Phi) is 5.48. The van der Waals surface area contributed by atoms with Gasteiger partial charge in [0.15, 0.2) is 0 Å². The van der Waals surface area contributed by atoms with Gasteiger partial charge in [0.2, 0.25) is 10.0 Å². The fourth-order valence-electron chi connectivity index (χ4n) is 3.97. The van der Waals surface area contributed by atoms with Crippen molar-refractivity contribution in [2.75, 3.05) is 37.0 Å². The molecule has 2 heterocycles. The van der Waals surface area contributed by atoms with E-state index in [1.54, 1.807) is 22.8 Å². The predicted molar refractivity (Wildman–Crippen MR) is 115 cm³/mol. The van der Waals surface area contributed by atoms with E-state index in [-0.39, 0.29) is 0 Å². The summed E-state index contributed by atoms with van der Waals surface area (Å²) < 4.78 is 27.6. The van der Waals surface area contributed by atoms with Gasteiger partial charge in [0.1, 0.15) is 18.0 Å². The molecule has 0 atom stereocenters. The smallest absolute Gasteiger partial charge is 0.243 e. The summed E-state index contributed by atoms with van der Waals surface area (Å²) in [7, 11) is 0.516. The molecule has 2 fully saturated rings. The van der Waals surface area contributed by atoms with Crippen molar-refractivity contribution in [1.29, 1.82) is 0 Å². The zero-order chi connectivity index (χ0) is 20.6. The summed E-state index contributed by atoms with van der Waals surface area (Å²) in [6.07, 6.45) is 5.58. The number of rotatable bonds is 6. The summed E-state index contributed by atoms with van der Waals surface area (Å²) >= 11 is 0. The minimum absolute atomic E-state index is 0.303. The van der Waals surface area contributed by atoms with Crippen LogP contribution in [0.4, 0.5) is 11.6 Å². The Hall–Kier alpha value is -2.19. The third-order valence-corrected chi connectivity index (χ3v) is 7.69. The Morgan fingerprint density at radius 2 is 1.52 bits per heavy atom. The van der Waals surface area contributed by atoms with Crippen molar-refractivity contribution >= 4 is 21.7 Å². The van der Waals surface area contributed by atoms with Crippen molar-refractivity contribution in [1.82, 2.24) is 14.3 Å². The molecule has 2 aliphatic rings. The van der Waals surface area contributed by atoms with Crippen LogP contribution in [-0.2, 0) is 10.0 Å². The van der Waals surface area contributed by atoms with Crippen molar-refractivity contribution in [3.8, 4) is 0 Å². The lowest BCUT2D eigenvalue weighted by molar-refractivity contribution is 0.308. The highest BCUT2D eigenvalue weighted by molar-refractivity contribution is 7.89. The number of anilines is 2. The Bertz CT molecular complexity index is 949. The van der Waals surface area contributed by atoms with Gasteiger partial charge in [0.25, 0.3) is 0 Å². The molecule has 1 saturated carbocycles. The zero-order valence-electron chi connectivity index (χ0n) is 17.3. The van der Waals surface area contributed by atoms with Gasteiger partial charge < -0.3 is 9.80 Å². The van der Waals surface area contributed by atoms with E-state index in [1.807, 2.05) is 44.1 Å². The lowest BCUT2D eigenvalue weighted by atomic mass is 10.0. The Labute approximate surface area is 173 Å². The van der Waals surface area contributed by atoms with Crippen molar-refractivity contribution < 1.29 is 8.42 Å². The van der Waals surface area contributed by atoms with Gasteiger partial charge in [0, 0.05) is 45.3 Å². The normalized spacial score (nSPS) is 18.6. The van der Waals surface area contributed by atoms with Gasteiger partial charge in [-0.15, -0.1) is 0 Å². The summed E-state index contributed by atoms with van der Waals surface area (Å²) in [6, 6.07) is 9.96. The van der Waals surface area contributed by atoms with Crippen LogP contribution in [0, 0.1) is 6.92 Å². The monoisotopic (exact) mass is 415 g/mol. The van der Waals surface area contributed by atoms with Crippen LogP contribution in [-0.4, -0.2) is 62.0 Å². The van der Waals surface area contributed by atoms with E-state index in [0.29, 0.717) is 30.1 Å². The van der Waals surface area contributed by atoms with Crippen LogP contribution in [0.3, 0.4) is 0 Å². The van der Waals surface area contributed by atoms with Crippen molar-refractivity contribution in [2.45, 2.75) is 49.6 Å². The lowest BCUT2D eigenvalue weighted by Crippen LogP contribution is -2.48. The largest absolute Gasteiger partial charge is 0.363 e. The third kappa shape index (κ3) is 4.23. The molecule has 0 radical (unpaired) electrons. The first-order valence-corrected chi connectivity index (χ1v) is 11.6. The van der Waals surface area contributed by atoms with E-state index in [0.717, 1.165) is 30.0 Å². The molecule has 1 aliphatic carbocycles. The first kappa shape index (κ1) is 20.1. The fourth-order valence-corrected chi connectivity index (χ4v) is 5.44. The molecule has 0 N–H and O–H groups in total. The first-order chi connectivity index (χ1) is 13.9. The van der Waals surface area contributed by atoms with Crippen LogP contribution >= 0.6 is 0 Å². The van der Waals surface area contributed by atoms with Gasteiger partial charge in [-0.1, -0.05) is 17.7 Å². The number of benzene rings is 1. The van der Waals surface area contributed by atoms with Crippen LogP contribution in [0.15, 0.2) is 41.6 Å². The number of nitrogens with zero attached hydrogens (tertiary/aromatic N) is 5. The van der Waals surface area contributed by atoms with E-state index < -0.39 is 10.0 Å². The molecule has 0 bridgehead atoms. The highest BCUT2D eigenvalue weighted by Crippen LogP contribution is 2.36. The topological polar surface area (TPSA) is 69.6 Å². The Morgan fingerprint density at radius 1 is 0.931 bits per heavy atom. The van der Waals surface area contributed by atoms with Gasteiger partial charge in [-0.25, -0.2) is 18.4 Å². The number of aromatic nitrogens is 2. The Morgan fingerprint density at radius 3 is 2.10 bits per heavy atom. The van der Waals surface area contributed by atoms with Gasteiger partial charge in [-0.05, 0) is 44.7 Å². The maximum Gasteiger partial charge on any atom is 0.243 e. The summed E-state index contributed by atoms with van der Waals surface area (Å²) in [5, 5.41) is 0. The highest BCUT2D eigenvalue weighted by atomic mass is 32.2. The van der Waals surface area contributed by atoms with Gasteiger partial charge in [-0.2, -0.15) is 4.31 Å². The second-order valence-electron chi connectivity index (χ2n) is 8.22. The quantitative estimate of drug-likeness (QED) is 0.723. The average Bonchev–Trinajstić information content (AvgIpc) is 3.54. The zero-order valence-corrected chi connectivity index (χ0v) is 18.1. The molecule has 156 valence electrons. The van der Waals surface area contributed by atoms with Crippen LogP contribution in [0.1, 0.15) is 31.2 Å². The minimum Gasteiger partial charge on any atom is -0.363 e. The van der Waals surface area contributed by atoms with E-state index in [4.69, 9.17) is 0 Å². The molecule has 0 amide bonds. The van der Waals surface area contributed by atoms with Gasteiger partial charge >= 0.3 is 0 Å². The third-order valence-electron chi connectivity index (χ3n) is 5.78. The van der Waals surface area contributed by atoms with E-state index in [1.165, 1.54) is 12.8 Å². The lowest BCUT2D eigenvalue weighted by Gasteiger charge is -2.39. The first-order valence-electron chi connectivity index (χ1n) is 10.2. The maximum absolute atomic E-state index is 13.0. The number of piperidine rings is 1. The molecule has 1 aliphatic heterocycles. The summed E-state index contributed by atoms with van der Waals surface area (Å²) in [5.74, 6) is 1.84. The summed E-state index contributed by atoms with van der Waals surface area (Å²) in [5.41, 5.74) is 1.06. The number of aryl methyl sites for hydroxylation is 1. The molecular formula is C21H29N5O2S. The molecule has 1 saturated heterocycles. The summed E-state index contributed by atoms with van der Waals surface area (Å²) in [4.78, 5) is 13.6. The van der Waals surface area contributed by atoms with Crippen molar-refractivity contribution in [3.05, 3.63) is 42.2 Å². The van der Waals surface area contributed by atoms with E-state index >= 15 is 0 Å². The van der Waals surface area contributed by atoms with E-state index in [2.05, 4.69) is 14.9 Å². The molecule has 0 unspecified atom stereocenters. The molecular weight excluding hydrogens is 386 g/mol. The maximum atomic E-state index is 13.0. The highest BCUT2D eigenvalue weighted by Gasteiger charge is 2.38. The predicted octanol–water partition coefficient (Wildman–Crippen LogP) is 2.67. The molecule has 0 spiro atoms. The number of hydrogen-bond donors (Lipinski definition) is 0. The Balaban J connectivity index is 1.49. The minimum atomic E-state index is -3.43. The molecule has 7 nitrogen and oxygen atoms in total. The molecule has 8 heteroatoms. The SMILES string of the molecule is Cc1ccc(S(=O)(=O)N2CCC(N(c3cc(N(C)C)ncn3)C3CC3)CC2)cc1. The molecule has 1 aromatic carbocycles. The second-order valence-corrected chi connectivity index (χ2v) is 10.2. The average molecular weight is 416 g/mol.